The lowest BCUT2D eigenvalue weighted by Gasteiger charge is -2.40. The molecule has 4 nitrogen and oxygen atoms in total. The average molecular weight is 229 g/mol. The molecule has 1 saturated carbocycles. The fraction of sp³-hybridized carbons (Fsp3) is 0.700. The van der Waals surface area contributed by atoms with Gasteiger partial charge in [-0.05, 0) is 24.4 Å². The Morgan fingerprint density at radius 3 is 2.47 bits per heavy atom. The molecule has 1 aliphatic carbocycles. The molecule has 5 heteroatoms. The molecule has 0 aromatic rings. The number of nitrogens with one attached hydrogen (secondary N) is 2. The smallest absolute Gasteiger partial charge is 0.216 e. The molecular formula is C10H17ClN4. The van der Waals surface area contributed by atoms with E-state index in [1.54, 1.807) is 6.34 Å². The third-order valence-corrected chi connectivity index (χ3v) is 3.13. The minimum Gasteiger partial charge on any atom is -0.355 e. The van der Waals surface area contributed by atoms with Crippen molar-refractivity contribution < 1.29 is 0 Å². The van der Waals surface area contributed by atoms with Gasteiger partial charge in [-0.2, -0.15) is 0 Å². The number of nitrogens with zero attached hydrogens (tertiary/aromatic N) is 2. The highest BCUT2D eigenvalue weighted by Crippen LogP contribution is 2.30. The van der Waals surface area contributed by atoms with Crippen LogP contribution >= 0.6 is 11.6 Å². The van der Waals surface area contributed by atoms with E-state index in [2.05, 4.69) is 4.99 Å². The summed E-state index contributed by atoms with van der Waals surface area (Å²) in [6, 6.07) is 0. The first-order valence-electron chi connectivity index (χ1n) is 5.13. The first-order valence-corrected chi connectivity index (χ1v) is 5.51. The first kappa shape index (κ1) is 12.2. The Morgan fingerprint density at radius 1 is 1.40 bits per heavy atom. The maximum atomic E-state index is 7.55. The standard InChI is InChI=1S/C10H17ClN4/c1-15(8-14-9(11)13)10(7-12)5-3-2-4-6-10/h7-8,12-13H,2-6H2,1H3/b12-7?,13-9?,14-8+. The molecule has 0 amide bonds. The highest BCUT2D eigenvalue weighted by molar-refractivity contribution is 6.64. The van der Waals surface area contributed by atoms with E-state index in [1.165, 1.54) is 12.6 Å². The van der Waals surface area contributed by atoms with Gasteiger partial charge in [0.2, 0.25) is 5.29 Å². The molecule has 84 valence electrons. The minimum absolute atomic E-state index is 0.214. The Kier molecular flexibility index (Phi) is 4.27. The van der Waals surface area contributed by atoms with Gasteiger partial charge in [-0.3, -0.25) is 5.41 Å². The molecule has 0 aliphatic heterocycles. The number of halogens is 1. The van der Waals surface area contributed by atoms with Gasteiger partial charge >= 0.3 is 0 Å². The summed E-state index contributed by atoms with van der Waals surface area (Å²) in [6.07, 6.45) is 8.54. The number of amidine groups is 1. The molecule has 1 rings (SSSR count). The van der Waals surface area contributed by atoms with Crippen LogP contribution in [-0.4, -0.2) is 35.3 Å². The van der Waals surface area contributed by atoms with Gasteiger partial charge in [0.1, 0.15) is 0 Å². The first-order chi connectivity index (χ1) is 7.10. The summed E-state index contributed by atoms with van der Waals surface area (Å²) in [6.45, 7) is 0. The topological polar surface area (TPSA) is 63.3 Å². The van der Waals surface area contributed by atoms with E-state index >= 15 is 0 Å². The number of aliphatic imine (C=N–C) groups is 1. The maximum absolute atomic E-state index is 7.55. The fourth-order valence-corrected chi connectivity index (χ4v) is 2.06. The third-order valence-electron chi connectivity index (χ3n) is 3.03. The van der Waals surface area contributed by atoms with Crippen LogP contribution in [0.1, 0.15) is 32.1 Å². The van der Waals surface area contributed by atoms with Crippen molar-refractivity contribution in [2.45, 2.75) is 37.6 Å². The van der Waals surface area contributed by atoms with Crippen molar-refractivity contribution in [1.29, 1.82) is 10.8 Å². The van der Waals surface area contributed by atoms with Gasteiger partial charge in [0.15, 0.2) is 0 Å². The maximum Gasteiger partial charge on any atom is 0.216 e. The molecule has 0 spiro atoms. The van der Waals surface area contributed by atoms with Crippen LogP contribution < -0.4 is 0 Å². The van der Waals surface area contributed by atoms with Gasteiger partial charge in [0.05, 0.1) is 11.9 Å². The normalized spacial score (nSPS) is 20.1. The van der Waals surface area contributed by atoms with Crippen LogP contribution in [-0.2, 0) is 0 Å². The summed E-state index contributed by atoms with van der Waals surface area (Å²) < 4.78 is 0. The molecule has 0 bridgehead atoms. The second kappa shape index (κ2) is 5.26. The second-order valence-electron chi connectivity index (χ2n) is 3.95. The molecule has 0 aromatic carbocycles. The van der Waals surface area contributed by atoms with Gasteiger partial charge in [0.25, 0.3) is 0 Å². The van der Waals surface area contributed by atoms with Crippen molar-refractivity contribution in [2.24, 2.45) is 4.99 Å². The molecule has 1 fully saturated rings. The van der Waals surface area contributed by atoms with E-state index < -0.39 is 0 Å². The van der Waals surface area contributed by atoms with Crippen LogP contribution in [0, 0.1) is 10.8 Å². The van der Waals surface area contributed by atoms with E-state index in [0.29, 0.717) is 0 Å². The summed E-state index contributed by atoms with van der Waals surface area (Å²) in [7, 11) is 1.89. The number of hydrogen-bond donors (Lipinski definition) is 2. The average Bonchev–Trinajstić information content (AvgIpc) is 2.26. The van der Waals surface area contributed by atoms with Crippen LogP contribution in [0.3, 0.4) is 0 Å². The largest absolute Gasteiger partial charge is 0.355 e. The van der Waals surface area contributed by atoms with Crippen molar-refractivity contribution in [2.75, 3.05) is 7.05 Å². The zero-order valence-corrected chi connectivity index (χ0v) is 9.72. The quantitative estimate of drug-likeness (QED) is 0.435. The highest BCUT2D eigenvalue weighted by atomic mass is 35.5. The van der Waals surface area contributed by atoms with Crippen LogP contribution in [0.5, 0.6) is 0 Å². The van der Waals surface area contributed by atoms with Crippen molar-refractivity contribution in [3.63, 3.8) is 0 Å². The Balaban J connectivity index is 2.71. The van der Waals surface area contributed by atoms with Crippen LogP contribution in [0.2, 0.25) is 0 Å². The van der Waals surface area contributed by atoms with Gasteiger partial charge < -0.3 is 10.3 Å². The number of hydrogen-bond acceptors (Lipinski definition) is 2. The molecule has 1 aliphatic rings. The van der Waals surface area contributed by atoms with Gasteiger partial charge in [-0.15, -0.1) is 0 Å². The van der Waals surface area contributed by atoms with Gasteiger partial charge in [0, 0.05) is 13.3 Å². The van der Waals surface area contributed by atoms with Gasteiger partial charge in [-0.25, -0.2) is 4.99 Å². The predicted octanol–water partition coefficient (Wildman–Crippen LogP) is 2.47. The Morgan fingerprint density at radius 2 is 2.00 bits per heavy atom. The Hall–Kier alpha value is -0.900. The molecule has 0 heterocycles. The van der Waals surface area contributed by atoms with Crippen molar-refractivity contribution in [3.05, 3.63) is 0 Å². The molecule has 0 atom stereocenters. The molecule has 0 radical (unpaired) electrons. The van der Waals surface area contributed by atoms with Crippen molar-refractivity contribution >= 4 is 29.4 Å². The monoisotopic (exact) mass is 228 g/mol. The van der Waals surface area contributed by atoms with E-state index in [9.17, 15) is 0 Å². The Bertz CT molecular complexity index is 269. The minimum atomic E-state index is -0.224. The summed E-state index contributed by atoms with van der Waals surface area (Å²) >= 11 is 5.35. The molecular weight excluding hydrogens is 212 g/mol. The third kappa shape index (κ3) is 3.02. The second-order valence-corrected chi connectivity index (χ2v) is 4.31. The number of rotatable bonds is 3. The zero-order chi connectivity index (χ0) is 11.3. The molecule has 2 N–H and O–H groups in total. The molecule has 15 heavy (non-hydrogen) atoms. The SMILES string of the molecule is CN(/C=N/C(=N)Cl)C1(C=N)CCCCC1. The summed E-state index contributed by atoms with van der Waals surface area (Å²) in [5.41, 5.74) is -0.214. The lowest BCUT2D eigenvalue weighted by molar-refractivity contribution is 0.226. The van der Waals surface area contributed by atoms with E-state index in [4.69, 9.17) is 22.4 Å². The van der Waals surface area contributed by atoms with Crippen LogP contribution in [0.4, 0.5) is 0 Å². The van der Waals surface area contributed by atoms with Crippen molar-refractivity contribution in [1.82, 2.24) is 4.90 Å². The van der Waals surface area contributed by atoms with E-state index in [-0.39, 0.29) is 10.8 Å². The molecule has 0 saturated heterocycles. The summed E-state index contributed by atoms with van der Waals surface area (Å²) in [5, 5.41) is 14.3. The summed E-state index contributed by atoms with van der Waals surface area (Å²) in [4.78, 5) is 5.64. The van der Waals surface area contributed by atoms with E-state index in [1.807, 2.05) is 11.9 Å². The van der Waals surface area contributed by atoms with Crippen LogP contribution in [0.15, 0.2) is 4.99 Å². The van der Waals surface area contributed by atoms with Crippen molar-refractivity contribution in [3.8, 4) is 0 Å². The summed E-state index contributed by atoms with van der Waals surface area (Å²) in [5.74, 6) is 0. The zero-order valence-electron chi connectivity index (χ0n) is 8.96. The van der Waals surface area contributed by atoms with E-state index in [0.717, 1.165) is 25.7 Å². The predicted molar refractivity (Wildman–Crippen MR) is 64.4 cm³/mol. The lowest BCUT2D eigenvalue weighted by atomic mass is 9.82. The molecule has 0 aromatic heterocycles. The fourth-order valence-electron chi connectivity index (χ4n) is 2.02. The molecule has 0 unspecified atom stereocenters. The van der Waals surface area contributed by atoms with Crippen LogP contribution in [0.25, 0.3) is 0 Å². The lowest BCUT2D eigenvalue weighted by Crippen LogP contribution is -2.48. The Labute approximate surface area is 95.3 Å². The highest BCUT2D eigenvalue weighted by Gasteiger charge is 2.32. The van der Waals surface area contributed by atoms with Gasteiger partial charge in [-0.1, -0.05) is 19.3 Å².